The molecule has 0 amide bonds. The molecule has 0 fully saturated rings. The molecule has 20 heavy (non-hydrogen) atoms. The van der Waals surface area contributed by atoms with E-state index in [-0.39, 0.29) is 22.7 Å². The minimum absolute atomic E-state index is 0.0502. The van der Waals surface area contributed by atoms with Crippen LogP contribution in [-0.2, 0) is 6.54 Å². The Hall–Kier alpha value is -1.40. The Balaban J connectivity index is 1.88. The Morgan fingerprint density at radius 3 is 2.45 bits per heavy atom. The monoisotopic (exact) mass is 301 g/mol. The van der Waals surface area contributed by atoms with E-state index < -0.39 is 5.51 Å². The van der Waals surface area contributed by atoms with E-state index in [0.29, 0.717) is 6.54 Å². The smallest absolute Gasteiger partial charge is 0.446 e. The standard InChI is InChI=1S/C14H14F3NOS/c1-10(13-3-2-8-19-13)18-9-11-4-6-12(7-5-11)20-14(15,16)17/h2-8,10,18H,9H2,1H3/t10-/m1/s1. The van der Waals surface area contributed by atoms with E-state index in [2.05, 4.69) is 5.32 Å². The minimum atomic E-state index is -4.24. The SMILES string of the molecule is C[C@@H](NCc1ccc(SC(F)(F)F)cc1)c1ccco1. The van der Waals surface area contributed by atoms with Crippen molar-refractivity contribution in [3.63, 3.8) is 0 Å². The maximum absolute atomic E-state index is 12.2. The highest BCUT2D eigenvalue weighted by Gasteiger charge is 2.28. The molecule has 0 saturated heterocycles. The molecule has 0 spiro atoms. The second kappa shape index (κ2) is 6.37. The second-order valence-electron chi connectivity index (χ2n) is 4.31. The molecule has 108 valence electrons. The molecule has 0 saturated carbocycles. The minimum Gasteiger partial charge on any atom is -0.468 e. The van der Waals surface area contributed by atoms with Crippen LogP contribution in [0.3, 0.4) is 0 Å². The zero-order chi connectivity index (χ0) is 14.6. The number of alkyl halides is 3. The molecule has 0 unspecified atom stereocenters. The molecule has 1 aromatic carbocycles. The lowest BCUT2D eigenvalue weighted by atomic mass is 10.2. The lowest BCUT2D eigenvalue weighted by Crippen LogP contribution is -2.17. The molecule has 1 aromatic heterocycles. The Kier molecular flexibility index (Phi) is 4.77. The molecule has 0 radical (unpaired) electrons. The largest absolute Gasteiger partial charge is 0.468 e. The van der Waals surface area contributed by atoms with Gasteiger partial charge in [-0.15, -0.1) is 0 Å². The molecule has 1 heterocycles. The Morgan fingerprint density at radius 2 is 1.90 bits per heavy atom. The van der Waals surface area contributed by atoms with Crippen LogP contribution in [0.4, 0.5) is 13.2 Å². The molecule has 0 aliphatic heterocycles. The summed E-state index contributed by atoms with van der Waals surface area (Å²) in [7, 11) is 0. The van der Waals surface area contributed by atoms with Crippen molar-refractivity contribution in [3.05, 3.63) is 54.0 Å². The molecule has 0 aliphatic carbocycles. The molecule has 1 N–H and O–H groups in total. The van der Waals surface area contributed by atoms with Crippen LogP contribution in [0.2, 0.25) is 0 Å². The van der Waals surface area contributed by atoms with E-state index in [1.807, 2.05) is 19.1 Å². The average molecular weight is 301 g/mol. The van der Waals surface area contributed by atoms with Crippen LogP contribution in [0.15, 0.2) is 52.0 Å². The first-order valence-corrected chi connectivity index (χ1v) is 6.87. The van der Waals surface area contributed by atoms with Crippen LogP contribution in [0.5, 0.6) is 0 Å². The van der Waals surface area contributed by atoms with E-state index in [9.17, 15) is 13.2 Å². The molecular formula is C14H14F3NOS. The number of thioether (sulfide) groups is 1. The zero-order valence-corrected chi connectivity index (χ0v) is 11.6. The summed E-state index contributed by atoms with van der Waals surface area (Å²) in [4.78, 5) is 0.195. The van der Waals surface area contributed by atoms with Gasteiger partial charge in [-0.2, -0.15) is 13.2 Å². The van der Waals surface area contributed by atoms with Crippen molar-refractivity contribution in [2.24, 2.45) is 0 Å². The third-order valence-electron chi connectivity index (χ3n) is 2.74. The molecular weight excluding hydrogens is 287 g/mol. The molecule has 2 aromatic rings. The summed E-state index contributed by atoms with van der Waals surface area (Å²) < 4.78 is 41.8. The van der Waals surface area contributed by atoms with Crippen molar-refractivity contribution in [2.45, 2.75) is 29.9 Å². The predicted octanol–water partition coefficient (Wildman–Crippen LogP) is 4.74. The quantitative estimate of drug-likeness (QED) is 0.807. The maximum Gasteiger partial charge on any atom is 0.446 e. The van der Waals surface area contributed by atoms with Crippen molar-refractivity contribution in [1.82, 2.24) is 5.32 Å². The summed E-state index contributed by atoms with van der Waals surface area (Å²) >= 11 is -0.104. The summed E-state index contributed by atoms with van der Waals surface area (Å²) in [6.45, 7) is 2.53. The van der Waals surface area contributed by atoms with Crippen LogP contribution < -0.4 is 5.32 Å². The van der Waals surface area contributed by atoms with Crippen LogP contribution >= 0.6 is 11.8 Å². The van der Waals surface area contributed by atoms with Crippen LogP contribution in [0, 0.1) is 0 Å². The average Bonchev–Trinajstić information content (AvgIpc) is 2.89. The molecule has 0 aliphatic rings. The lowest BCUT2D eigenvalue weighted by molar-refractivity contribution is -0.0328. The molecule has 2 rings (SSSR count). The normalized spacial score (nSPS) is 13.4. The van der Waals surface area contributed by atoms with Gasteiger partial charge in [0.05, 0.1) is 12.3 Å². The second-order valence-corrected chi connectivity index (χ2v) is 5.45. The summed E-state index contributed by atoms with van der Waals surface area (Å²) in [5.41, 5.74) is -3.32. The third kappa shape index (κ3) is 4.61. The molecule has 0 bridgehead atoms. The van der Waals surface area contributed by atoms with Gasteiger partial charge in [-0.05, 0) is 48.5 Å². The molecule has 1 atom stereocenters. The number of halogens is 3. The van der Waals surface area contributed by atoms with Gasteiger partial charge in [-0.1, -0.05) is 12.1 Å². The first-order chi connectivity index (χ1) is 9.44. The van der Waals surface area contributed by atoms with Crippen LogP contribution in [-0.4, -0.2) is 5.51 Å². The van der Waals surface area contributed by atoms with Gasteiger partial charge in [0.1, 0.15) is 5.76 Å². The summed E-state index contributed by atoms with van der Waals surface area (Å²) in [5.74, 6) is 0.828. The topological polar surface area (TPSA) is 25.2 Å². The summed E-state index contributed by atoms with van der Waals surface area (Å²) in [5, 5.41) is 3.25. The van der Waals surface area contributed by atoms with E-state index in [4.69, 9.17) is 4.42 Å². The summed E-state index contributed by atoms with van der Waals surface area (Å²) in [6, 6.07) is 10.1. The number of rotatable bonds is 5. The van der Waals surface area contributed by atoms with Crippen molar-refractivity contribution in [2.75, 3.05) is 0 Å². The van der Waals surface area contributed by atoms with Gasteiger partial charge in [0, 0.05) is 11.4 Å². The highest BCUT2D eigenvalue weighted by Crippen LogP contribution is 2.36. The van der Waals surface area contributed by atoms with Crippen LogP contribution in [0.25, 0.3) is 0 Å². The zero-order valence-electron chi connectivity index (χ0n) is 10.8. The van der Waals surface area contributed by atoms with E-state index >= 15 is 0 Å². The molecule has 2 nitrogen and oxygen atoms in total. The first-order valence-electron chi connectivity index (χ1n) is 6.05. The van der Waals surface area contributed by atoms with Gasteiger partial charge in [-0.3, -0.25) is 0 Å². The number of benzene rings is 1. The van der Waals surface area contributed by atoms with Gasteiger partial charge >= 0.3 is 5.51 Å². The van der Waals surface area contributed by atoms with E-state index in [1.54, 1.807) is 18.4 Å². The summed E-state index contributed by atoms with van der Waals surface area (Å²) in [6.07, 6.45) is 1.61. The number of hydrogen-bond acceptors (Lipinski definition) is 3. The third-order valence-corrected chi connectivity index (χ3v) is 3.48. The highest BCUT2D eigenvalue weighted by atomic mass is 32.2. The van der Waals surface area contributed by atoms with Crippen molar-refractivity contribution in [3.8, 4) is 0 Å². The molecule has 6 heteroatoms. The maximum atomic E-state index is 12.2. The Labute approximate surface area is 119 Å². The predicted molar refractivity (Wildman–Crippen MR) is 72.3 cm³/mol. The number of furan rings is 1. The van der Waals surface area contributed by atoms with Gasteiger partial charge in [0.25, 0.3) is 0 Å². The highest BCUT2D eigenvalue weighted by molar-refractivity contribution is 8.00. The van der Waals surface area contributed by atoms with E-state index in [1.165, 1.54) is 12.1 Å². The van der Waals surface area contributed by atoms with Gasteiger partial charge in [-0.25, -0.2) is 0 Å². The Morgan fingerprint density at radius 1 is 1.20 bits per heavy atom. The number of nitrogens with one attached hydrogen (secondary N) is 1. The first kappa shape index (κ1) is 15.0. The van der Waals surface area contributed by atoms with E-state index in [0.717, 1.165) is 11.3 Å². The van der Waals surface area contributed by atoms with Gasteiger partial charge in [0.2, 0.25) is 0 Å². The van der Waals surface area contributed by atoms with Crippen molar-refractivity contribution >= 4 is 11.8 Å². The van der Waals surface area contributed by atoms with Gasteiger partial charge < -0.3 is 9.73 Å². The number of hydrogen-bond donors (Lipinski definition) is 1. The Bertz CT molecular complexity index is 522. The van der Waals surface area contributed by atoms with Crippen molar-refractivity contribution in [1.29, 1.82) is 0 Å². The fourth-order valence-corrected chi connectivity index (χ4v) is 2.26. The fourth-order valence-electron chi connectivity index (χ4n) is 1.72. The lowest BCUT2D eigenvalue weighted by Gasteiger charge is -2.12. The fraction of sp³-hybridized carbons (Fsp3) is 0.286. The van der Waals surface area contributed by atoms with Crippen LogP contribution in [0.1, 0.15) is 24.3 Å². The van der Waals surface area contributed by atoms with Crippen molar-refractivity contribution < 1.29 is 17.6 Å². The van der Waals surface area contributed by atoms with Gasteiger partial charge in [0.15, 0.2) is 0 Å².